The quantitative estimate of drug-likeness (QED) is 0.921. The molecule has 1 atom stereocenters. The van der Waals surface area contributed by atoms with Crippen LogP contribution in [0.25, 0.3) is 0 Å². The van der Waals surface area contributed by atoms with Gasteiger partial charge in [0.2, 0.25) is 5.76 Å². The van der Waals surface area contributed by atoms with Gasteiger partial charge in [-0.3, -0.25) is 0 Å². The van der Waals surface area contributed by atoms with Gasteiger partial charge in [-0.15, -0.1) is 0 Å². The summed E-state index contributed by atoms with van der Waals surface area (Å²) in [7, 11) is 0. The monoisotopic (exact) mass is 340 g/mol. The smallest absolute Gasteiger partial charge is 0.437 e. The van der Waals surface area contributed by atoms with Crippen molar-refractivity contribution in [2.45, 2.75) is 24.9 Å². The number of aromatic nitrogens is 1. The first-order chi connectivity index (χ1) is 11.4. The van der Waals surface area contributed by atoms with E-state index in [1.807, 2.05) is 30.3 Å². The highest BCUT2D eigenvalue weighted by molar-refractivity contribution is 5.86. The number of piperidine rings is 1. The van der Waals surface area contributed by atoms with Gasteiger partial charge in [-0.2, -0.15) is 18.2 Å². The Morgan fingerprint density at radius 1 is 1.29 bits per heavy atom. The molecule has 0 bridgehead atoms. The van der Waals surface area contributed by atoms with Crippen LogP contribution < -0.4 is 4.90 Å². The average molecular weight is 340 g/mol. The molecule has 1 aromatic carbocycles. The normalized spacial score (nSPS) is 18.6. The standard InChI is InChI=1S/C16H15F3N2O3/c17-16(18,19)13-12(14(22)23)24-15(20-13)21-8-4-7-11(9-21)10-5-2-1-3-6-10/h1-3,5-6,11H,4,7-9H2,(H,22,23). The Labute approximate surface area is 135 Å². The number of nitrogens with zero attached hydrogens (tertiary/aromatic N) is 2. The molecule has 128 valence electrons. The van der Waals surface area contributed by atoms with Crippen LogP contribution in [0.15, 0.2) is 34.7 Å². The minimum absolute atomic E-state index is 0.134. The number of hydrogen-bond acceptors (Lipinski definition) is 4. The van der Waals surface area contributed by atoms with Gasteiger partial charge in [-0.05, 0) is 18.4 Å². The van der Waals surface area contributed by atoms with Gasteiger partial charge in [0.05, 0.1) is 0 Å². The van der Waals surface area contributed by atoms with E-state index in [9.17, 15) is 18.0 Å². The molecule has 1 saturated heterocycles. The third kappa shape index (κ3) is 3.22. The van der Waals surface area contributed by atoms with E-state index in [2.05, 4.69) is 4.98 Å². The fourth-order valence-electron chi connectivity index (χ4n) is 2.93. The second kappa shape index (κ2) is 6.18. The van der Waals surface area contributed by atoms with E-state index in [-0.39, 0.29) is 11.9 Å². The fraction of sp³-hybridized carbons (Fsp3) is 0.375. The van der Waals surface area contributed by atoms with Gasteiger partial charge in [0.15, 0.2) is 5.69 Å². The Hall–Kier alpha value is -2.51. The lowest BCUT2D eigenvalue weighted by Crippen LogP contribution is -2.34. The summed E-state index contributed by atoms with van der Waals surface area (Å²) < 4.78 is 43.7. The maximum absolute atomic E-state index is 12.9. The summed E-state index contributed by atoms with van der Waals surface area (Å²) in [6.07, 6.45) is -3.21. The SMILES string of the molecule is O=C(O)c1oc(N2CCCC(c3ccccc3)C2)nc1C(F)(F)F. The van der Waals surface area contributed by atoms with Crippen molar-refractivity contribution in [3.8, 4) is 0 Å². The number of alkyl halides is 3. The van der Waals surface area contributed by atoms with Crippen LogP contribution >= 0.6 is 0 Å². The number of carboxylic acids is 1. The Bertz CT molecular complexity index is 728. The van der Waals surface area contributed by atoms with E-state index in [4.69, 9.17) is 9.52 Å². The molecule has 5 nitrogen and oxygen atoms in total. The van der Waals surface area contributed by atoms with Crippen molar-refractivity contribution in [1.29, 1.82) is 0 Å². The van der Waals surface area contributed by atoms with Crippen molar-refractivity contribution in [1.82, 2.24) is 4.98 Å². The first-order valence-electron chi connectivity index (χ1n) is 7.47. The Morgan fingerprint density at radius 3 is 2.58 bits per heavy atom. The van der Waals surface area contributed by atoms with Gasteiger partial charge < -0.3 is 14.4 Å². The number of anilines is 1. The zero-order valence-corrected chi connectivity index (χ0v) is 12.6. The molecule has 0 spiro atoms. The lowest BCUT2D eigenvalue weighted by molar-refractivity contribution is -0.141. The maximum Gasteiger partial charge on any atom is 0.437 e. The third-order valence-electron chi connectivity index (χ3n) is 4.04. The van der Waals surface area contributed by atoms with E-state index in [1.54, 1.807) is 4.90 Å². The molecule has 1 aliphatic heterocycles. The van der Waals surface area contributed by atoms with Gasteiger partial charge in [0.25, 0.3) is 6.01 Å². The second-order valence-corrected chi connectivity index (χ2v) is 5.67. The molecule has 2 aromatic rings. The Morgan fingerprint density at radius 2 is 2.00 bits per heavy atom. The van der Waals surface area contributed by atoms with E-state index < -0.39 is 23.6 Å². The first kappa shape index (κ1) is 16.4. The molecule has 1 unspecified atom stereocenters. The van der Waals surface area contributed by atoms with Crippen LogP contribution in [0.2, 0.25) is 0 Å². The van der Waals surface area contributed by atoms with Crippen molar-refractivity contribution in [2.75, 3.05) is 18.0 Å². The molecule has 1 aromatic heterocycles. The highest BCUT2D eigenvalue weighted by atomic mass is 19.4. The molecule has 0 amide bonds. The largest absolute Gasteiger partial charge is 0.475 e. The molecular formula is C16H15F3N2O3. The lowest BCUT2D eigenvalue weighted by atomic mass is 9.91. The third-order valence-corrected chi connectivity index (χ3v) is 4.04. The molecule has 2 heterocycles. The summed E-state index contributed by atoms with van der Waals surface area (Å²) in [4.78, 5) is 16.0. The lowest BCUT2D eigenvalue weighted by Gasteiger charge is -2.31. The van der Waals surface area contributed by atoms with Crippen molar-refractivity contribution < 1.29 is 27.5 Å². The predicted molar refractivity (Wildman–Crippen MR) is 79.1 cm³/mol. The number of hydrogen-bond donors (Lipinski definition) is 1. The van der Waals surface area contributed by atoms with Gasteiger partial charge in [-0.25, -0.2) is 4.79 Å². The summed E-state index contributed by atoms with van der Waals surface area (Å²) >= 11 is 0. The zero-order valence-electron chi connectivity index (χ0n) is 12.6. The Balaban J connectivity index is 1.87. The van der Waals surface area contributed by atoms with Crippen LogP contribution in [0, 0.1) is 0 Å². The van der Waals surface area contributed by atoms with Crippen molar-refractivity contribution in [2.24, 2.45) is 0 Å². The van der Waals surface area contributed by atoms with Gasteiger partial charge in [0, 0.05) is 19.0 Å². The number of carboxylic acid groups (broad SMARTS) is 1. The number of carbonyl (C=O) groups is 1. The fourth-order valence-corrected chi connectivity index (χ4v) is 2.93. The van der Waals surface area contributed by atoms with Gasteiger partial charge in [-0.1, -0.05) is 30.3 Å². The second-order valence-electron chi connectivity index (χ2n) is 5.67. The highest BCUT2D eigenvalue weighted by Gasteiger charge is 2.42. The topological polar surface area (TPSA) is 66.6 Å². The molecule has 24 heavy (non-hydrogen) atoms. The predicted octanol–water partition coefficient (Wildman–Crippen LogP) is 3.78. The van der Waals surface area contributed by atoms with Crippen LogP contribution in [0.4, 0.5) is 19.2 Å². The van der Waals surface area contributed by atoms with Crippen LogP contribution in [0.5, 0.6) is 0 Å². The molecule has 1 fully saturated rings. The van der Waals surface area contributed by atoms with Crippen molar-refractivity contribution >= 4 is 12.0 Å². The van der Waals surface area contributed by atoms with E-state index in [0.717, 1.165) is 18.4 Å². The average Bonchev–Trinajstić information content (AvgIpc) is 3.02. The van der Waals surface area contributed by atoms with E-state index in [1.165, 1.54) is 0 Å². The molecule has 1 N–H and O–H groups in total. The van der Waals surface area contributed by atoms with Crippen molar-refractivity contribution in [3.05, 3.63) is 47.3 Å². The van der Waals surface area contributed by atoms with Crippen LogP contribution in [-0.4, -0.2) is 29.1 Å². The van der Waals surface area contributed by atoms with Crippen LogP contribution in [0.1, 0.15) is 40.6 Å². The summed E-state index contributed by atoms with van der Waals surface area (Å²) in [6.45, 7) is 0.904. The summed E-state index contributed by atoms with van der Waals surface area (Å²) in [5, 5.41) is 8.92. The molecule has 0 radical (unpaired) electrons. The number of rotatable bonds is 3. The van der Waals surface area contributed by atoms with Crippen LogP contribution in [-0.2, 0) is 6.18 Å². The van der Waals surface area contributed by atoms with Crippen LogP contribution in [0.3, 0.4) is 0 Å². The van der Waals surface area contributed by atoms with E-state index in [0.29, 0.717) is 13.1 Å². The molecule has 8 heteroatoms. The summed E-state index contributed by atoms with van der Waals surface area (Å²) in [5.41, 5.74) is -0.407. The number of aromatic carboxylic acids is 1. The summed E-state index contributed by atoms with van der Waals surface area (Å²) in [5.74, 6) is -2.81. The first-order valence-corrected chi connectivity index (χ1v) is 7.47. The zero-order chi connectivity index (χ0) is 17.3. The number of halogens is 3. The van der Waals surface area contributed by atoms with Crippen molar-refractivity contribution in [3.63, 3.8) is 0 Å². The highest BCUT2D eigenvalue weighted by Crippen LogP contribution is 2.36. The molecule has 3 rings (SSSR count). The molecular weight excluding hydrogens is 325 g/mol. The number of benzene rings is 1. The molecule has 1 aliphatic rings. The molecule has 0 aliphatic carbocycles. The minimum Gasteiger partial charge on any atom is -0.475 e. The molecule has 0 saturated carbocycles. The van der Waals surface area contributed by atoms with Gasteiger partial charge in [0.1, 0.15) is 0 Å². The Kier molecular flexibility index (Phi) is 4.21. The minimum atomic E-state index is -4.87. The number of oxazole rings is 1. The maximum atomic E-state index is 12.9. The van der Waals surface area contributed by atoms with Gasteiger partial charge >= 0.3 is 12.1 Å². The summed E-state index contributed by atoms with van der Waals surface area (Å²) in [6, 6.07) is 9.35. The van der Waals surface area contributed by atoms with E-state index >= 15 is 0 Å².